The van der Waals surface area contributed by atoms with Crippen molar-refractivity contribution in [1.82, 2.24) is 19.8 Å². The summed E-state index contributed by atoms with van der Waals surface area (Å²) in [6.07, 6.45) is 11.9. The first-order valence-electron chi connectivity index (χ1n) is 9.32. The predicted octanol–water partition coefficient (Wildman–Crippen LogP) is 2.97. The molecule has 1 aromatic carbocycles. The molecule has 5 heteroatoms. The maximum absolute atomic E-state index is 12.0. The van der Waals surface area contributed by atoms with E-state index in [1.807, 2.05) is 0 Å². The van der Waals surface area contributed by atoms with Gasteiger partial charge in [0.05, 0.1) is 6.33 Å². The van der Waals surface area contributed by atoms with Gasteiger partial charge in [0.2, 0.25) is 5.91 Å². The average Bonchev–Trinajstić information content (AvgIpc) is 3.09. The number of nitrogens with one attached hydrogen (secondary N) is 1. The molecular weight excluding hydrogens is 312 g/mol. The van der Waals surface area contributed by atoms with E-state index in [-0.39, 0.29) is 5.91 Å². The predicted molar refractivity (Wildman–Crippen MR) is 98.9 cm³/mol. The van der Waals surface area contributed by atoms with Gasteiger partial charge in [0, 0.05) is 25.5 Å². The van der Waals surface area contributed by atoms with Crippen molar-refractivity contribution in [3.63, 3.8) is 0 Å². The Morgan fingerprint density at radius 2 is 1.84 bits per heavy atom. The molecule has 0 aliphatic carbocycles. The van der Waals surface area contributed by atoms with E-state index in [1.54, 1.807) is 23.3 Å². The quantitative estimate of drug-likeness (QED) is 0.879. The van der Waals surface area contributed by atoms with Crippen molar-refractivity contribution in [2.75, 3.05) is 13.1 Å². The molecule has 3 rings (SSSR count). The van der Waals surface area contributed by atoms with Crippen molar-refractivity contribution in [1.29, 1.82) is 0 Å². The van der Waals surface area contributed by atoms with E-state index in [4.69, 9.17) is 0 Å². The molecule has 0 radical (unpaired) electrons. The van der Waals surface area contributed by atoms with Gasteiger partial charge in [-0.3, -0.25) is 9.69 Å². The van der Waals surface area contributed by atoms with E-state index >= 15 is 0 Å². The Balaban J connectivity index is 1.49. The lowest BCUT2D eigenvalue weighted by molar-refractivity contribution is -0.121. The molecule has 1 aliphatic rings. The van der Waals surface area contributed by atoms with Crippen LogP contribution in [0.5, 0.6) is 0 Å². The summed E-state index contributed by atoms with van der Waals surface area (Å²) >= 11 is 0. The molecule has 1 amide bonds. The van der Waals surface area contributed by atoms with Crippen molar-refractivity contribution in [2.45, 2.75) is 51.7 Å². The lowest BCUT2D eigenvalue weighted by Gasteiger charge is -2.24. The highest BCUT2D eigenvalue weighted by atomic mass is 16.1. The number of hydrogen-bond acceptors (Lipinski definition) is 3. The SMILES string of the molecule is O=C(Cn1ccnc1)NCc1cccc(CN2CCCCCCC2)c1. The minimum Gasteiger partial charge on any atom is -0.350 e. The number of likely N-dealkylation sites (tertiary alicyclic amines) is 1. The van der Waals surface area contributed by atoms with Crippen LogP contribution in [0.4, 0.5) is 0 Å². The number of imidazole rings is 1. The van der Waals surface area contributed by atoms with Crippen molar-refractivity contribution < 1.29 is 4.79 Å². The third-order valence-electron chi connectivity index (χ3n) is 4.72. The van der Waals surface area contributed by atoms with Crippen LogP contribution < -0.4 is 5.32 Å². The molecule has 25 heavy (non-hydrogen) atoms. The molecule has 1 fully saturated rings. The van der Waals surface area contributed by atoms with E-state index < -0.39 is 0 Å². The standard InChI is InChI=1S/C20H28N4O/c25-20(16-24-12-9-21-17-24)22-14-18-7-6-8-19(13-18)15-23-10-4-2-1-3-5-11-23/h6-9,12-13,17H,1-5,10-11,14-16H2,(H,22,25). The van der Waals surface area contributed by atoms with E-state index in [0.717, 1.165) is 12.1 Å². The molecule has 1 aromatic heterocycles. The first kappa shape index (κ1) is 17.7. The Kier molecular flexibility index (Phi) is 6.63. The molecule has 1 saturated heterocycles. The fourth-order valence-corrected chi connectivity index (χ4v) is 3.37. The lowest BCUT2D eigenvalue weighted by atomic mass is 10.1. The fourth-order valence-electron chi connectivity index (χ4n) is 3.37. The molecule has 2 heterocycles. The van der Waals surface area contributed by atoms with Crippen LogP contribution in [-0.4, -0.2) is 33.4 Å². The van der Waals surface area contributed by atoms with Gasteiger partial charge in [-0.2, -0.15) is 0 Å². The van der Waals surface area contributed by atoms with Crippen LogP contribution in [0.15, 0.2) is 43.0 Å². The zero-order chi connectivity index (χ0) is 17.3. The van der Waals surface area contributed by atoms with Gasteiger partial charge in [-0.05, 0) is 37.1 Å². The van der Waals surface area contributed by atoms with Crippen molar-refractivity contribution in [3.05, 3.63) is 54.1 Å². The number of benzene rings is 1. The molecule has 0 bridgehead atoms. The summed E-state index contributed by atoms with van der Waals surface area (Å²) in [7, 11) is 0. The maximum Gasteiger partial charge on any atom is 0.240 e. The summed E-state index contributed by atoms with van der Waals surface area (Å²) in [4.78, 5) is 18.5. The summed E-state index contributed by atoms with van der Waals surface area (Å²) < 4.78 is 1.77. The zero-order valence-corrected chi connectivity index (χ0v) is 14.9. The van der Waals surface area contributed by atoms with Gasteiger partial charge < -0.3 is 9.88 Å². The molecule has 5 nitrogen and oxygen atoms in total. The second kappa shape index (κ2) is 9.37. The maximum atomic E-state index is 12.0. The van der Waals surface area contributed by atoms with Crippen LogP contribution >= 0.6 is 0 Å². The Labute approximate surface area is 150 Å². The van der Waals surface area contributed by atoms with E-state index in [2.05, 4.69) is 39.5 Å². The van der Waals surface area contributed by atoms with Crippen molar-refractivity contribution in [3.8, 4) is 0 Å². The molecule has 1 N–H and O–H groups in total. The van der Waals surface area contributed by atoms with Crippen LogP contribution in [0, 0.1) is 0 Å². The second-order valence-corrected chi connectivity index (χ2v) is 6.88. The van der Waals surface area contributed by atoms with Crippen molar-refractivity contribution >= 4 is 5.91 Å². The molecule has 2 aromatic rings. The van der Waals surface area contributed by atoms with Crippen LogP contribution in [0.3, 0.4) is 0 Å². The molecule has 1 aliphatic heterocycles. The smallest absolute Gasteiger partial charge is 0.240 e. The number of rotatable bonds is 6. The summed E-state index contributed by atoms with van der Waals surface area (Å²) in [5, 5.41) is 2.99. The molecule has 0 unspecified atom stereocenters. The van der Waals surface area contributed by atoms with E-state index in [0.29, 0.717) is 13.1 Å². The Morgan fingerprint density at radius 3 is 2.60 bits per heavy atom. The Hall–Kier alpha value is -2.14. The normalized spacial score (nSPS) is 16.2. The van der Waals surface area contributed by atoms with Crippen LogP contribution in [0.2, 0.25) is 0 Å². The zero-order valence-electron chi connectivity index (χ0n) is 14.9. The minimum atomic E-state index is 0.00664. The van der Waals surface area contributed by atoms with Crippen molar-refractivity contribution in [2.24, 2.45) is 0 Å². The summed E-state index contributed by atoms with van der Waals surface area (Å²) in [6, 6.07) is 8.58. The molecule has 0 atom stereocenters. The molecular formula is C20H28N4O. The number of aromatic nitrogens is 2. The molecule has 134 valence electrons. The Morgan fingerprint density at radius 1 is 1.08 bits per heavy atom. The highest BCUT2D eigenvalue weighted by Gasteiger charge is 2.09. The molecule has 0 spiro atoms. The second-order valence-electron chi connectivity index (χ2n) is 6.88. The van der Waals surface area contributed by atoms with Gasteiger partial charge in [0.1, 0.15) is 6.54 Å². The highest BCUT2D eigenvalue weighted by molar-refractivity contribution is 5.75. The minimum absolute atomic E-state index is 0.00664. The van der Waals surface area contributed by atoms with Crippen LogP contribution in [0.25, 0.3) is 0 Å². The summed E-state index contributed by atoms with van der Waals surface area (Å²) in [6.45, 7) is 4.30. The number of carbonyl (C=O) groups is 1. The van der Waals surface area contributed by atoms with Gasteiger partial charge in [-0.1, -0.05) is 43.5 Å². The topological polar surface area (TPSA) is 50.2 Å². The first-order chi connectivity index (χ1) is 12.3. The number of nitrogens with zero attached hydrogens (tertiary/aromatic N) is 3. The Bertz CT molecular complexity index is 645. The molecule has 0 saturated carbocycles. The first-order valence-corrected chi connectivity index (χ1v) is 9.32. The number of carbonyl (C=O) groups excluding carboxylic acids is 1. The highest BCUT2D eigenvalue weighted by Crippen LogP contribution is 2.14. The van der Waals surface area contributed by atoms with E-state index in [9.17, 15) is 4.79 Å². The van der Waals surface area contributed by atoms with Crippen LogP contribution in [-0.2, 0) is 24.4 Å². The number of hydrogen-bond donors (Lipinski definition) is 1. The van der Waals surface area contributed by atoms with E-state index in [1.165, 1.54) is 50.8 Å². The van der Waals surface area contributed by atoms with Gasteiger partial charge >= 0.3 is 0 Å². The average molecular weight is 340 g/mol. The fraction of sp³-hybridized carbons (Fsp3) is 0.500. The summed E-state index contributed by atoms with van der Waals surface area (Å²) in [5.74, 6) is 0.00664. The number of amides is 1. The summed E-state index contributed by atoms with van der Waals surface area (Å²) in [5.41, 5.74) is 2.49. The van der Waals surface area contributed by atoms with Gasteiger partial charge in [0.25, 0.3) is 0 Å². The van der Waals surface area contributed by atoms with Crippen LogP contribution in [0.1, 0.15) is 43.2 Å². The lowest BCUT2D eigenvalue weighted by Crippen LogP contribution is -2.27. The third-order valence-corrected chi connectivity index (χ3v) is 4.72. The monoisotopic (exact) mass is 340 g/mol. The van der Waals surface area contributed by atoms with Gasteiger partial charge in [0.15, 0.2) is 0 Å². The largest absolute Gasteiger partial charge is 0.350 e. The third kappa shape index (κ3) is 6.02. The van der Waals surface area contributed by atoms with Gasteiger partial charge in [-0.15, -0.1) is 0 Å². The van der Waals surface area contributed by atoms with Gasteiger partial charge in [-0.25, -0.2) is 4.98 Å².